The van der Waals surface area contributed by atoms with E-state index in [4.69, 9.17) is 5.73 Å². The molecule has 1 rings (SSSR count). The van der Waals surface area contributed by atoms with Crippen LogP contribution in [-0.2, 0) is 6.54 Å². The number of nitrogens with one attached hydrogen (secondary N) is 1. The SMILES string of the molecule is CCCn1cc(N)cc1C(=O)NC(C)CCSCC. The molecule has 0 aliphatic rings. The molecule has 0 saturated heterocycles. The number of amides is 1. The minimum atomic E-state index is -0.0286. The van der Waals surface area contributed by atoms with E-state index in [0.29, 0.717) is 11.4 Å². The number of carbonyl (C=O) groups is 1. The summed E-state index contributed by atoms with van der Waals surface area (Å²) in [4.78, 5) is 12.2. The van der Waals surface area contributed by atoms with Crippen LogP contribution in [0.25, 0.3) is 0 Å². The van der Waals surface area contributed by atoms with Crippen LogP contribution in [0.3, 0.4) is 0 Å². The van der Waals surface area contributed by atoms with Gasteiger partial charge in [0.05, 0.1) is 5.69 Å². The second-order valence-corrected chi connectivity index (χ2v) is 6.11. The molecule has 3 N–H and O–H groups in total. The Bertz CT molecular complexity index is 403. The Hall–Kier alpha value is -1.10. The number of thioether (sulfide) groups is 1. The predicted molar refractivity (Wildman–Crippen MR) is 83.7 cm³/mol. The van der Waals surface area contributed by atoms with Crippen LogP contribution in [0.2, 0.25) is 0 Å². The van der Waals surface area contributed by atoms with Crippen molar-refractivity contribution in [2.75, 3.05) is 17.2 Å². The van der Waals surface area contributed by atoms with Crippen LogP contribution in [0.1, 0.15) is 44.1 Å². The second kappa shape index (κ2) is 8.15. The highest BCUT2D eigenvalue weighted by molar-refractivity contribution is 7.99. The van der Waals surface area contributed by atoms with Crippen LogP contribution in [0, 0.1) is 0 Å². The van der Waals surface area contributed by atoms with Crippen molar-refractivity contribution in [1.29, 1.82) is 0 Å². The summed E-state index contributed by atoms with van der Waals surface area (Å²) in [7, 11) is 0. The summed E-state index contributed by atoms with van der Waals surface area (Å²) in [6.45, 7) is 7.10. The molecule has 0 spiro atoms. The first-order valence-corrected chi connectivity index (χ1v) is 8.08. The molecule has 1 unspecified atom stereocenters. The van der Waals surface area contributed by atoms with Crippen LogP contribution in [0.5, 0.6) is 0 Å². The van der Waals surface area contributed by atoms with Crippen LogP contribution in [0.4, 0.5) is 5.69 Å². The molecule has 0 bridgehead atoms. The number of rotatable bonds is 8. The Morgan fingerprint density at radius 2 is 2.26 bits per heavy atom. The fraction of sp³-hybridized carbons (Fsp3) is 0.643. The highest BCUT2D eigenvalue weighted by Gasteiger charge is 2.14. The Morgan fingerprint density at radius 3 is 2.89 bits per heavy atom. The molecule has 1 aromatic rings. The zero-order valence-corrected chi connectivity index (χ0v) is 12.9. The van der Waals surface area contributed by atoms with E-state index in [2.05, 4.69) is 19.2 Å². The molecular formula is C14H25N3OS. The van der Waals surface area contributed by atoms with Gasteiger partial charge in [0.15, 0.2) is 0 Å². The van der Waals surface area contributed by atoms with E-state index in [1.165, 1.54) is 0 Å². The smallest absolute Gasteiger partial charge is 0.268 e. The summed E-state index contributed by atoms with van der Waals surface area (Å²) in [6.07, 6.45) is 3.81. The van der Waals surface area contributed by atoms with E-state index in [0.717, 1.165) is 30.9 Å². The number of hydrogen-bond acceptors (Lipinski definition) is 3. The minimum Gasteiger partial charge on any atom is -0.397 e. The third kappa shape index (κ3) is 5.19. The highest BCUT2D eigenvalue weighted by Crippen LogP contribution is 2.12. The lowest BCUT2D eigenvalue weighted by atomic mass is 10.2. The van der Waals surface area contributed by atoms with E-state index in [1.807, 2.05) is 29.4 Å². The van der Waals surface area contributed by atoms with Crippen molar-refractivity contribution in [2.45, 2.75) is 46.2 Å². The second-order valence-electron chi connectivity index (χ2n) is 4.71. The third-order valence-electron chi connectivity index (χ3n) is 2.89. The van der Waals surface area contributed by atoms with Crippen molar-refractivity contribution < 1.29 is 4.79 Å². The van der Waals surface area contributed by atoms with Crippen molar-refractivity contribution in [3.63, 3.8) is 0 Å². The Kier molecular flexibility index (Phi) is 6.84. The van der Waals surface area contributed by atoms with Crippen molar-refractivity contribution in [3.8, 4) is 0 Å². The molecule has 1 atom stereocenters. The zero-order chi connectivity index (χ0) is 14.3. The average Bonchev–Trinajstić information content (AvgIpc) is 2.71. The summed E-state index contributed by atoms with van der Waals surface area (Å²) < 4.78 is 1.93. The summed E-state index contributed by atoms with van der Waals surface area (Å²) in [5, 5.41) is 3.04. The molecule has 1 aromatic heterocycles. The van der Waals surface area contributed by atoms with Gasteiger partial charge in [-0.3, -0.25) is 4.79 Å². The van der Waals surface area contributed by atoms with E-state index < -0.39 is 0 Å². The predicted octanol–water partition coefficient (Wildman–Crippen LogP) is 2.74. The Balaban J connectivity index is 2.57. The number of hydrogen-bond donors (Lipinski definition) is 2. The van der Waals surface area contributed by atoms with E-state index in [-0.39, 0.29) is 11.9 Å². The number of nitrogens with zero attached hydrogens (tertiary/aromatic N) is 1. The monoisotopic (exact) mass is 283 g/mol. The molecule has 4 nitrogen and oxygen atoms in total. The molecule has 108 valence electrons. The van der Waals surface area contributed by atoms with Crippen LogP contribution in [-0.4, -0.2) is 28.0 Å². The van der Waals surface area contributed by atoms with Crippen molar-refractivity contribution in [1.82, 2.24) is 9.88 Å². The van der Waals surface area contributed by atoms with Gasteiger partial charge >= 0.3 is 0 Å². The van der Waals surface area contributed by atoms with Gasteiger partial charge < -0.3 is 15.6 Å². The van der Waals surface area contributed by atoms with Crippen molar-refractivity contribution >= 4 is 23.4 Å². The van der Waals surface area contributed by atoms with Gasteiger partial charge in [-0.2, -0.15) is 11.8 Å². The normalized spacial score (nSPS) is 12.4. The molecule has 0 aliphatic carbocycles. The number of carbonyl (C=O) groups excluding carboxylic acids is 1. The van der Waals surface area contributed by atoms with Crippen LogP contribution >= 0.6 is 11.8 Å². The van der Waals surface area contributed by atoms with Gasteiger partial charge in [0.25, 0.3) is 5.91 Å². The molecule has 1 heterocycles. The molecular weight excluding hydrogens is 258 g/mol. The summed E-state index contributed by atoms with van der Waals surface area (Å²) in [5.41, 5.74) is 7.08. The van der Waals surface area contributed by atoms with Gasteiger partial charge in [-0.1, -0.05) is 13.8 Å². The van der Waals surface area contributed by atoms with Gasteiger partial charge in [-0.25, -0.2) is 0 Å². The zero-order valence-electron chi connectivity index (χ0n) is 12.1. The third-order valence-corrected chi connectivity index (χ3v) is 3.82. The van der Waals surface area contributed by atoms with E-state index in [9.17, 15) is 4.79 Å². The molecule has 1 amide bonds. The maximum absolute atomic E-state index is 12.2. The quantitative estimate of drug-likeness (QED) is 0.721. The van der Waals surface area contributed by atoms with Crippen LogP contribution in [0.15, 0.2) is 12.3 Å². The Morgan fingerprint density at radius 1 is 1.53 bits per heavy atom. The lowest BCUT2D eigenvalue weighted by Gasteiger charge is -2.14. The first-order valence-electron chi connectivity index (χ1n) is 6.92. The number of aromatic nitrogens is 1. The number of anilines is 1. The fourth-order valence-corrected chi connectivity index (χ4v) is 2.73. The lowest BCUT2D eigenvalue weighted by molar-refractivity contribution is 0.0930. The molecule has 19 heavy (non-hydrogen) atoms. The van der Waals surface area contributed by atoms with Gasteiger partial charge in [0.2, 0.25) is 0 Å². The van der Waals surface area contributed by atoms with Gasteiger partial charge in [-0.05, 0) is 37.3 Å². The summed E-state index contributed by atoms with van der Waals surface area (Å²) >= 11 is 1.90. The Labute approximate surface area is 120 Å². The van der Waals surface area contributed by atoms with Gasteiger partial charge in [-0.15, -0.1) is 0 Å². The van der Waals surface area contributed by atoms with Gasteiger partial charge in [0, 0.05) is 18.8 Å². The average molecular weight is 283 g/mol. The van der Waals surface area contributed by atoms with E-state index in [1.54, 1.807) is 6.07 Å². The maximum atomic E-state index is 12.2. The number of aryl methyl sites for hydroxylation is 1. The standard InChI is InChI=1S/C14H25N3OS/c1-4-7-17-10-12(15)9-13(17)14(18)16-11(3)6-8-19-5-2/h9-11H,4-8,15H2,1-3H3,(H,16,18). The van der Waals surface area contributed by atoms with Gasteiger partial charge in [0.1, 0.15) is 5.69 Å². The van der Waals surface area contributed by atoms with E-state index >= 15 is 0 Å². The molecule has 0 aliphatic heterocycles. The summed E-state index contributed by atoms with van der Waals surface area (Å²) in [5.74, 6) is 2.17. The summed E-state index contributed by atoms with van der Waals surface area (Å²) in [6, 6.07) is 1.94. The highest BCUT2D eigenvalue weighted by atomic mass is 32.2. The molecule has 0 saturated carbocycles. The lowest BCUT2D eigenvalue weighted by Crippen LogP contribution is -2.34. The van der Waals surface area contributed by atoms with Crippen molar-refractivity contribution in [3.05, 3.63) is 18.0 Å². The first kappa shape index (κ1) is 16.0. The minimum absolute atomic E-state index is 0.0286. The number of nitrogen functional groups attached to an aromatic ring is 1. The molecule has 5 heteroatoms. The van der Waals surface area contributed by atoms with Crippen molar-refractivity contribution in [2.24, 2.45) is 0 Å². The first-order chi connectivity index (χ1) is 9.08. The number of nitrogens with two attached hydrogens (primary N) is 1. The topological polar surface area (TPSA) is 60.0 Å². The van der Waals surface area contributed by atoms with Crippen LogP contribution < -0.4 is 11.1 Å². The maximum Gasteiger partial charge on any atom is 0.268 e. The molecule has 0 aromatic carbocycles. The fourth-order valence-electron chi connectivity index (χ4n) is 1.92. The molecule has 0 radical (unpaired) electrons. The molecule has 0 fully saturated rings. The largest absolute Gasteiger partial charge is 0.397 e.